The van der Waals surface area contributed by atoms with E-state index in [1.165, 1.54) is 0 Å². The number of hydrogen-bond acceptors (Lipinski definition) is 5. The smallest absolute Gasteiger partial charge is 0.194 e. The molecule has 0 unspecified atom stereocenters. The highest BCUT2D eigenvalue weighted by Crippen LogP contribution is 2.38. The Morgan fingerprint density at radius 3 is 2.95 bits per heavy atom. The van der Waals surface area contributed by atoms with Crippen LogP contribution in [0.2, 0.25) is 0 Å². The Morgan fingerprint density at radius 1 is 1.40 bits per heavy atom. The SMILES string of the molecule is COCCNCCCc1ncc(-c2cc(Br)c(Br)s2)o1. The van der Waals surface area contributed by atoms with E-state index < -0.39 is 0 Å². The molecular formula is C13H16Br2N2O2S. The Balaban J connectivity index is 1.80. The second-order valence-electron chi connectivity index (χ2n) is 4.20. The zero-order valence-corrected chi connectivity index (χ0v) is 15.1. The van der Waals surface area contributed by atoms with E-state index in [1.54, 1.807) is 24.6 Å². The van der Waals surface area contributed by atoms with Crippen molar-refractivity contribution < 1.29 is 9.15 Å². The largest absolute Gasteiger partial charge is 0.440 e. The maximum absolute atomic E-state index is 5.77. The number of thiophene rings is 1. The highest BCUT2D eigenvalue weighted by molar-refractivity contribution is 9.13. The van der Waals surface area contributed by atoms with Crippen LogP contribution in [-0.2, 0) is 11.2 Å². The quantitative estimate of drug-likeness (QED) is 0.649. The van der Waals surface area contributed by atoms with E-state index >= 15 is 0 Å². The molecule has 0 atom stereocenters. The predicted molar refractivity (Wildman–Crippen MR) is 88.3 cm³/mol. The van der Waals surface area contributed by atoms with Crippen LogP contribution < -0.4 is 5.32 Å². The maximum atomic E-state index is 5.77. The van der Waals surface area contributed by atoms with Crippen molar-refractivity contribution in [2.45, 2.75) is 12.8 Å². The minimum atomic E-state index is 0.741. The fourth-order valence-corrected chi connectivity index (χ4v) is 3.65. The Kier molecular flexibility index (Phi) is 6.70. The third kappa shape index (κ3) is 4.66. The van der Waals surface area contributed by atoms with Crippen LogP contribution in [0.4, 0.5) is 0 Å². The van der Waals surface area contributed by atoms with Crippen molar-refractivity contribution in [3.8, 4) is 10.6 Å². The molecule has 0 aromatic carbocycles. The molecule has 0 bridgehead atoms. The van der Waals surface area contributed by atoms with Crippen LogP contribution in [-0.4, -0.2) is 31.8 Å². The average molecular weight is 424 g/mol. The van der Waals surface area contributed by atoms with Crippen molar-refractivity contribution in [2.75, 3.05) is 26.8 Å². The topological polar surface area (TPSA) is 47.3 Å². The number of ether oxygens (including phenoxy) is 1. The average Bonchev–Trinajstić information content (AvgIpc) is 3.02. The fraction of sp³-hybridized carbons (Fsp3) is 0.462. The summed E-state index contributed by atoms with van der Waals surface area (Å²) in [6.07, 6.45) is 3.63. The Labute approximate surface area is 139 Å². The molecule has 2 rings (SSSR count). The van der Waals surface area contributed by atoms with Gasteiger partial charge in [0, 0.05) is 24.5 Å². The number of halogens is 2. The first kappa shape index (κ1) is 16.2. The van der Waals surface area contributed by atoms with Crippen molar-refractivity contribution in [3.63, 3.8) is 0 Å². The van der Waals surface area contributed by atoms with Crippen LogP contribution >= 0.6 is 43.2 Å². The molecule has 0 radical (unpaired) electrons. The van der Waals surface area contributed by atoms with Crippen LogP contribution in [0.5, 0.6) is 0 Å². The molecular weight excluding hydrogens is 408 g/mol. The lowest BCUT2D eigenvalue weighted by Gasteiger charge is -2.01. The lowest BCUT2D eigenvalue weighted by Crippen LogP contribution is -2.20. The van der Waals surface area contributed by atoms with Crippen LogP contribution in [0.3, 0.4) is 0 Å². The summed E-state index contributed by atoms with van der Waals surface area (Å²) in [6, 6.07) is 2.03. The van der Waals surface area contributed by atoms with Crippen molar-refractivity contribution in [3.05, 3.63) is 26.4 Å². The summed E-state index contributed by atoms with van der Waals surface area (Å²) in [5.41, 5.74) is 0. The molecule has 4 nitrogen and oxygen atoms in total. The highest BCUT2D eigenvalue weighted by Gasteiger charge is 2.11. The van der Waals surface area contributed by atoms with Crippen LogP contribution in [0.15, 0.2) is 24.9 Å². The van der Waals surface area contributed by atoms with Gasteiger partial charge < -0.3 is 14.5 Å². The Bertz CT molecular complexity index is 523. The first-order valence-corrected chi connectivity index (χ1v) is 8.70. The van der Waals surface area contributed by atoms with E-state index in [-0.39, 0.29) is 0 Å². The molecule has 7 heteroatoms. The normalized spacial score (nSPS) is 11.2. The first-order valence-electron chi connectivity index (χ1n) is 6.30. The monoisotopic (exact) mass is 422 g/mol. The highest BCUT2D eigenvalue weighted by atomic mass is 79.9. The van der Waals surface area contributed by atoms with E-state index in [1.807, 2.05) is 6.07 Å². The molecule has 2 aromatic heterocycles. The molecule has 0 amide bonds. The lowest BCUT2D eigenvalue weighted by molar-refractivity contribution is 0.199. The van der Waals surface area contributed by atoms with Gasteiger partial charge in [0.15, 0.2) is 11.7 Å². The first-order chi connectivity index (χ1) is 9.70. The van der Waals surface area contributed by atoms with E-state index in [2.05, 4.69) is 42.2 Å². The van der Waals surface area contributed by atoms with Gasteiger partial charge >= 0.3 is 0 Å². The second-order valence-corrected chi connectivity index (χ2v) is 7.42. The number of aryl methyl sites for hydroxylation is 1. The van der Waals surface area contributed by atoms with Gasteiger partial charge in [-0.2, -0.15) is 0 Å². The molecule has 0 spiro atoms. The molecule has 2 aromatic rings. The second kappa shape index (κ2) is 8.29. The number of oxazole rings is 1. The zero-order chi connectivity index (χ0) is 14.4. The summed E-state index contributed by atoms with van der Waals surface area (Å²) in [5, 5.41) is 3.30. The molecule has 0 aliphatic carbocycles. The molecule has 0 aliphatic heterocycles. The van der Waals surface area contributed by atoms with Gasteiger partial charge in [0.25, 0.3) is 0 Å². The summed E-state index contributed by atoms with van der Waals surface area (Å²) in [4.78, 5) is 5.39. The maximum Gasteiger partial charge on any atom is 0.194 e. The summed E-state index contributed by atoms with van der Waals surface area (Å²) in [6.45, 7) is 2.56. The number of aromatic nitrogens is 1. The van der Waals surface area contributed by atoms with Gasteiger partial charge in [0.2, 0.25) is 0 Å². The van der Waals surface area contributed by atoms with Gasteiger partial charge in [-0.25, -0.2) is 4.98 Å². The minimum Gasteiger partial charge on any atom is -0.440 e. The number of nitrogens with one attached hydrogen (secondary N) is 1. The number of rotatable bonds is 8. The van der Waals surface area contributed by atoms with Crippen molar-refractivity contribution >= 4 is 43.2 Å². The summed E-state index contributed by atoms with van der Waals surface area (Å²) < 4.78 is 12.8. The number of methoxy groups -OCH3 is 1. The molecule has 0 fully saturated rings. The molecule has 0 saturated heterocycles. The predicted octanol–water partition coefficient (Wildman–Crippen LogP) is 4.10. The van der Waals surface area contributed by atoms with Gasteiger partial charge in [-0.1, -0.05) is 0 Å². The van der Waals surface area contributed by atoms with E-state index in [4.69, 9.17) is 9.15 Å². The van der Waals surface area contributed by atoms with Gasteiger partial charge in [-0.15, -0.1) is 11.3 Å². The van der Waals surface area contributed by atoms with Crippen LogP contribution in [0.1, 0.15) is 12.3 Å². The van der Waals surface area contributed by atoms with E-state index in [0.717, 1.165) is 57.3 Å². The van der Waals surface area contributed by atoms with Gasteiger partial charge in [0.05, 0.1) is 21.5 Å². The summed E-state index contributed by atoms with van der Waals surface area (Å²) in [7, 11) is 1.71. The van der Waals surface area contributed by atoms with Gasteiger partial charge in [-0.3, -0.25) is 0 Å². The molecule has 1 N–H and O–H groups in total. The molecule has 0 aliphatic rings. The molecule has 0 saturated carbocycles. The third-order valence-electron chi connectivity index (χ3n) is 2.67. The number of hydrogen-bond donors (Lipinski definition) is 1. The van der Waals surface area contributed by atoms with Gasteiger partial charge in [-0.05, 0) is 50.9 Å². The molecule has 2 heterocycles. The van der Waals surface area contributed by atoms with Gasteiger partial charge in [0.1, 0.15) is 0 Å². The van der Waals surface area contributed by atoms with E-state index in [9.17, 15) is 0 Å². The van der Waals surface area contributed by atoms with Crippen molar-refractivity contribution in [2.24, 2.45) is 0 Å². The van der Waals surface area contributed by atoms with Crippen LogP contribution in [0.25, 0.3) is 10.6 Å². The number of nitrogens with zero attached hydrogens (tertiary/aromatic N) is 1. The molecule has 20 heavy (non-hydrogen) atoms. The Hall–Kier alpha value is -0.210. The Morgan fingerprint density at radius 2 is 2.25 bits per heavy atom. The standard InChI is InChI=1S/C13H16Br2N2O2S/c1-18-6-5-16-4-2-3-12-17-8-10(19-12)11-7-9(14)13(15)20-11/h7-8,16H,2-6H2,1H3. The van der Waals surface area contributed by atoms with Crippen molar-refractivity contribution in [1.82, 2.24) is 10.3 Å². The zero-order valence-electron chi connectivity index (χ0n) is 11.1. The van der Waals surface area contributed by atoms with E-state index in [0.29, 0.717) is 0 Å². The summed E-state index contributed by atoms with van der Waals surface area (Å²) in [5.74, 6) is 1.61. The summed E-state index contributed by atoms with van der Waals surface area (Å²) >= 11 is 8.59. The fourth-order valence-electron chi connectivity index (χ4n) is 1.67. The van der Waals surface area contributed by atoms with Crippen LogP contribution in [0, 0.1) is 0 Å². The minimum absolute atomic E-state index is 0.741. The molecule has 110 valence electrons. The lowest BCUT2D eigenvalue weighted by atomic mass is 10.3. The third-order valence-corrected chi connectivity index (χ3v) is 5.94. The van der Waals surface area contributed by atoms with Crippen molar-refractivity contribution in [1.29, 1.82) is 0 Å².